The third-order valence-electron chi connectivity index (χ3n) is 3.73. The van der Waals surface area contributed by atoms with Gasteiger partial charge in [0.15, 0.2) is 0 Å². The highest BCUT2D eigenvalue weighted by molar-refractivity contribution is 7.89. The average molecular weight is 299 g/mol. The summed E-state index contributed by atoms with van der Waals surface area (Å²) in [4.78, 5) is 0.419. The van der Waals surface area contributed by atoms with Gasteiger partial charge in [-0.3, -0.25) is 0 Å². The van der Waals surface area contributed by atoms with Crippen LogP contribution in [0.3, 0.4) is 0 Å². The predicted octanol–water partition coefficient (Wildman–Crippen LogP) is 1.96. The number of nitrogens with one attached hydrogen (secondary N) is 1. The average Bonchev–Trinajstić information content (AvgIpc) is 3.18. The topological polar surface area (TPSA) is 54.3 Å². The van der Waals surface area contributed by atoms with Crippen LogP contribution in [0.1, 0.15) is 44.8 Å². The van der Waals surface area contributed by atoms with Crippen LogP contribution in [0.5, 0.6) is 0 Å². The highest BCUT2D eigenvalue weighted by Gasteiger charge is 2.29. The fourth-order valence-corrected chi connectivity index (χ4v) is 3.45. The molecular weight excluding hydrogens is 274 g/mol. The van der Waals surface area contributed by atoms with Gasteiger partial charge in [-0.05, 0) is 31.9 Å². The SMILES string of the molecule is CCCNCc1cc(S(=O)(=O)N(C)CC)cn1C1CC1. The molecule has 1 saturated carbocycles. The Morgan fingerprint density at radius 2 is 2.10 bits per heavy atom. The number of nitrogens with zero attached hydrogens (tertiary/aromatic N) is 2. The zero-order chi connectivity index (χ0) is 14.8. The van der Waals surface area contributed by atoms with Gasteiger partial charge in [-0.2, -0.15) is 0 Å². The van der Waals surface area contributed by atoms with Gasteiger partial charge in [0.05, 0.1) is 0 Å². The third kappa shape index (κ3) is 3.24. The Morgan fingerprint density at radius 1 is 1.40 bits per heavy atom. The monoisotopic (exact) mass is 299 g/mol. The van der Waals surface area contributed by atoms with Crippen molar-refractivity contribution in [2.24, 2.45) is 0 Å². The Kier molecular flexibility index (Phi) is 4.88. The van der Waals surface area contributed by atoms with Gasteiger partial charge in [0.2, 0.25) is 10.0 Å². The molecule has 0 spiro atoms. The second kappa shape index (κ2) is 6.28. The molecule has 0 atom stereocenters. The van der Waals surface area contributed by atoms with Gasteiger partial charge in [-0.15, -0.1) is 0 Å². The molecule has 1 aliphatic rings. The molecule has 1 N–H and O–H groups in total. The quantitative estimate of drug-likeness (QED) is 0.747. The maximum absolute atomic E-state index is 12.4. The van der Waals surface area contributed by atoms with E-state index in [4.69, 9.17) is 0 Å². The summed E-state index contributed by atoms with van der Waals surface area (Å²) < 4.78 is 28.3. The second-order valence-corrected chi connectivity index (χ2v) is 7.45. The first kappa shape index (κ1) is 15.5. The van der Waals surface area contributed by atoms with Crippen molar-refractivity contribution < 1.29 is 8.42 Å². The minimum absolute atomic E-state index is 0.419. The summed E-state index contributed by atoms with van der Waals surface area (Å²) in [6.45, 7) is 6.14. The molecule has 0 unspecified atom stereocenters. The van der Waals surface area contributed by atoms with E-state index in [9.17, 15) is 8.42 Å². The number of hydrogen-bond donors (Lipinski definition) is 1. The first-order chi connectivity index (χ1) is 9.50. The van der Waals surface area contributed by atoms with Crippen LogP contribution < -0.4 is 5.32 Å². The molecule has 6 heteroatoms. The van der Waals surface area contributed by atoms with Crippen LogP contribution in [-0.2, 0) is 16.6 Å². The fraction of sp³-hybridized carbons (Fsp3) is 0.714. The summed E-state index contributed by atoms with van der Waals surface area (Å²) in [5.41, 5.74) is 1.07. The van der Waals surface area contributed by atoms with Gasteiger partial charge in [0.1, 0.15) is 4.90 Å². The maximum atomic E-state index is 12.4. The van der Waals surface area contributed by atoms with Crippen molar-refractivity contribution in [1.29, 1.82) is 0 Å². The molecule has 0 saturated heterocycles. The predicted molar refractivity (Wildman–Crippen MR) is 80.2 cm³/mol. The molecule has 1 aromatic heterocycles. The Bertz CT molecular complexity index is 547. The van der Waals surface area contributed by atoms with Crippen LogP contribution in [0.15, 0.2) is 17.2 Å². The Balaban J connectivity index is 2.25. The van der Waals surface area contributed by atoms with Gasteiger partial charge in [-0.25, -0.2) is 12.7 Å². The molecule has 1 aromatic rings. The zero-order valence-electron chi connectivity index (χ0n) is 12.6. The fourth-order valence-electron chi connectivity index (χ4n) is 2.22. The zero-order valence-corrected chi connectivity index (χ0v) is 13.4. The Labute approximate surface area is 122 Å². The summed E-state index contributed by atoms with van der Waals surface area (Å²) in [6.07, 6.45) is 5.19. The Morgan fingerprint density at radius 3 is 2.65 bits per heavy atom. The van der Waals surface area contributed by atoms with Crippen LogP contribution in [0, 0.1) is 0 Å². The molecule has 5 nitrogen and oxygen atoms in total. The number of rotatable bonds is 8. The summed E-state index contributed by atoms with van der Waals surface area (Å²) in [5.74, 6) is 0. The molecule has 114 valence electrons. The van der Waals surface area contributed by atoms with E-state index in [1.54, 1.807) is 7.05 Å². The lowest BCUT2D eigenvalue weighted by molar-refractivity contribution is 0.486. The van der Waals surface area contributed by atoms with E-state index < -0.39 is 10.0 Å². The molecule has 0 bridgehead atoms. The molecule has 1 heterocycles. The lowest BCUT2D eigenvalue weighted by atomic mass is 10.4. The summed E-state index contributed by atoms with van der Waals surface area (Å²) >= 11 is 0. The maximum Gasteiger partial charge on any atom is 0.244 e. The highest BCUT2D eigenvalue weighted by atomic mass is 32.2. The molecule has 20 heavy (non-hydrogen) atoms. The van der Waals surface area contributed by atoms with Gasteiger partial charge in [0, 0.05) is 38.1 Å². The van der Waals surface area contributed by atoms with E-state index >= 15 is 0 Å². The minimum atomic E-state index is -3.34. The summed E-state index contributed by atoms with van der Waals surface area (Å²) in [6, 6.07) is 2.31. The number of sulfonamides is 1. The van der Waals surface area contributed by atoms with E-state index in [2.05, 4.69) is 16.8 Å². The summed E-state index contributed by atoms with van der Waals surface area (Å²) in [5, 5.41) is 3.35. The van der Waals surface area contributed by atoms with Crippen molar-refractivity contribution in [1.82, 2.24) is 14.2 Å². The third-order valence-corrected chi connectivity index (χ3v) is 5.63. The van der Waals surface area contributed by atoms with E-state index in [0.717, 1.165) is 38.0 Å². The normalized spacial score (nSPS) is 16.0. The molecule has 1 fully saturated rings. The van der Waals surface area contributed by atoms with Gasteiger partial charge < -0.3 is 9.88 Å². The number of aromatic nitrogens is 1. The first-order valence-electron chi connectivity index (χ1n) is 7.38. The lowest BCUT2D eigenvalue weighted by Crippen LogP contribution is -2.26. The van der Waals surface area contributed by atoms with Gasteiger partial charge in [-0.1, -0.05) is 13.8 Å². The van der Waals surface area contributed by atoms with Gasteiger partial charge >= 0.3 is 0 Å². The molecule has 0 radical (unpaired) electrons. The molecule has 2 rings (SSSR count). The van der Waals surface area contributed by atoms with Crippen LogP contribution in [-0.4, -0.2) is 37.4 Å². The number of hydrogen-bond acceptors (Lipinski definition) is 3. The molecule has 0 amide bonds. The smallest absolute Gasteiger partial charge is 0.244 e. The molecular formula is C14H25N3O2S. The van der Waals surface area contributed by atoms with Gasteiger partial charge in [0.25, 0.3) is 0 Å². The highest BCUT2D eigenvalue weighted by Crippen LogP contribution is 2.37. The molecule has 0 aromatic carbocycles. The standard InChI is InChI=1S/C14H25N3O2S/c1-4-8-15-10-13-9-14(11-17(13)12-6-7-12)20(18,19)16(3)5-2/h9,11-12,15H,4-8,10H2,1-3H3. The van der Waals surface area contributed by atoms with Crippen LogP contribution in [0.4, 0.5) is 0 Å². The van der Waals surface area contributed by atoms with Crippen LogP contribution >= 0.6 is 0 Å². The van der Waals surface area contributed by atoms with Crippen molar-refractivity contribution in [2.75, 3.05) is 20.1 Å². The second-order valence-electron chi connectivity index (χ2n) is 5.40. The molecule has 1 aliphatic carbocycles. The Hall–Kier alpha value is -0.850. The molecule has 0 aliphatic heterocycles. The first-order valence-corrected chi connectivity index (χ1v) is 8.82. The van der Waals surface area contributed by atoms with Crippen molar-refractivity contribution in [3.05, 3.63) is 18.0 Å². The van der Waals surface area contributed by atoms with Crippen molar-refractivity contribution >= 4 is 10.0 Å². The van der Waals surface area contributed by atoms with Crippen molar-refractivity contribution in [3.63, 3.8) is 0 Å². The van der Waals surface area contributed by atoms with Crippen LogP contribution in [0.2, 0.25) is 0 Å². The largest absolute Gasteiger partial charge is 0.346 e. The van der Waals surface area contributed by atoms with E-state index in [0.29, 0.717) is 17.5 Å². The van der Waals surface area contributed by atoms with E-state index in [1.165, 1.54) is 4.31 Å². The van der Waals surface area contributed by atoms with Crippen molar-refractivity contribution in [3.8, 4) is 0 Å². The summed E-state index contributed by atoms with van der Waals surface area (Å²) in [7, 11) is -1.72. The van der Waals surface area contributed by atoms with E-state index in [-0.39, 0.29) is 0 Å². The minimum Gasteiger partial charge on any atom is -0.346 e. The van der Waals surface area contributed by atoms with Crippen molar-refractivity contribution in [2.45, 2.75) is 50.6 Å². The van der Waals surface area contributed by atoms with E-state index in [1.807, 2.05) is 19.2 Å². The lowest BCUT2D eigenvalue weighted by Gasteiger charge is -2.13. The van der Waals surface area contributed by atoms with Crippen LogP contribution in [0.25, 0.3) is 0 Å².